The number of nitrogens with zero attached hydrogens (tertiary/aromatic N) is 1. The topological polar surface area (TPSA) is 112 Å². The van der Waals surface area contributed by atoms with Crippen LogP contribution in [0.15, 0.2) is 36.4 Å². The van der Waals surface area contributed by atoms with Crippen LogP contribution in [-0.4, -0.2) is 45.2 Å². The Labute approximate surface area is 169 Å². The largest absolute Gasteiger partial charge is 0.493 e. The zero-order chi connectivity index (χ0) is 21.2. The highest BCUT2D eigenvalue weighted by atomic mass is 16.6. The predicted octanol–water partition coefficient (Wildman–Crippen LogP) is 2.78. The monoisotopic (exact) mass is 403 g/mol. The van der Waals surface area contributed by atoms with Crippen molar-refractivity contribution in [1.82, 2.24) is 5.32 Å². The second-order valence-corrected chi connectivity index (χ2v) is 6.07. The standard InChI is InChI=1S/C20H25N3O6/c1-27-17-10-4-14(19(28-2)20(17)29-3)5-11-18(24)22-13-12-21-15-6-8-16(9-7-15)23(25)26/h4,6-10,21H,5,11-13H2,1-3H3,(H,22,24). The second kappa shape index (κ2) is 10.7. The van der Waals surface area contributed by atoms with Gasteiger partial charge >= 0.3 is 0 Å². The predicted molar refractivity (Wildman–Crippen MR) is 109 cm³/mol. The average Bonchev–Trinajstić information content (AvgIpc) is 2.74. The van der Waals surface area contributed by atoms with Gasteiger partial charge in [0.2, 0.25) is 11.7 Å². The van der Waals surface area contributed by atoms with Gasteiger partial charge in [-0.3, -0.25) is 14.9 Å². The summed E-state index contributed by atoms with van der Waals surface area (Å²) in [6.45, 7) is 0.933. The van der Waals surface area contributed by atoms with Crippen LogP contribution in [0.25, 0.3) is 0 Å². The molecule has 2 N–H and O–H groups in total. The molecule has 0 aliphatic rings. The van der Waals surface area contributed by atoms with Crippen LogP contribution in [0.5, 0.6) is 17.2 Å². The number of amides is 1. The number of anilines is 1. The third-order valence-corrected chi connectivity index (χ3v) is 4.26. The molecule has 156 valence electrons. The number of hydrogen-bond donors (Lipinski definition) is 2. The smallest absolute Gasteiger partial charge is 0.269 e. The summed E-state index contributed by atoms with van der Waals surface area (Å²) in [6.07, 6.45) is 0.786. The Balaban J connectivity index is 1.79. The minimum atomic E-state index is -0.447. The summed E-state index contributed by atoms with van der Waals surface area (Å²) in [6, 6.07) is 9.74. The molecule has 1 amide bonds. The van der Waals surface area contributed by atoms with Crippen molar-refractivity contribution < 1.29 is 23.9 Å². The number of non-ortho nitro benzene ring substituents is 1. The maximum Gasteiger partial charge on any atom is 0.269 e. The lowest BCUT2D eigenvalue weighted by atomic mass is 10.1. The van der Waals surface area contributed by atoms with Crippen molar-refractivity contribution in [2.45, 2.75) is 12.8 Å². The molecule has 29 heavy (non-hydrogen) atoms. The van der Waals surface area contributed by atoms with Gasteiger partial charge in [-0.25, -0.2) is 0 Å². The van der Waals surface area contributed by atoms with Gasteiger partial charge in [0.1, 0.15) is 0 Å². The van der Waals surface area contributed by atoms with Crippen molar-refractivity contribution in [3.63, 3.8) is 0 Å². The average molecular weight is 403 g/mol. The SMILES string of the molecule is COc1ccc(CCC(=O)NCCNc2ccc([N+](=O)[O-])cc2)c(OC)c1OC. The number of rotatable bonds is 11. The number of nitro benzene ring substituents is 1. The summed E-state index contributed by atoms with van der Waals surface area (Å²) in [7, 11) is 4.63. The molecule has 0 aromatic heterocycles. The van der Waals surface area contributed by atoms with E-state index in [1.807, 2.05) is 6.07 Å². The summed E-state index contributed by atoms with van der Waals surface area (Å²) in [5.41, 5.74) is 1.64. The van der Waals surface area contributed by atoms with E-state index in [4.69, 9.17) is 14.2 Å². The lowest BCUT2D eigenvalue weighted by molar-refractivity contribution is -0.384. The van der Waals surface area contributed by atoms with E-state index in [2.05, 4.69) is 10.6 Å². The van der Waals surface area contributed by atoms with Gasteiger partial charge < -0.3 is 24.8 Å². The van der Waals surface area contributed by atoms with Gasteiger partial charge in [-0.2, -0.15) is 0 Å². The minimum absolute atomic E-state index is 0.0365. The highest BCUT2D eigenvalue weighted by molar-refractivity contribution is 5.76. The van der Waals surface area contributed by atoms with E-state index in [1.54, 1.807) is 32.4 Å². The molecule has 0 fully saturated rings. The van der Waals surface area contributed by atoms with Crippen LogP contribution < -0.4 is 24.8 Å². The number of ether oxygens (including phenoxy) is 3. The maximum atomic E-state index is 12.1. The van der Waals surface area contributed by atoms with E-state index >= 15 is 0 Å². The number of nitrogens with one attached hydrogen (secondary N) is 2. The number of carbonyl (C=O) groups is 1. The molecule has 0 aliphatic heterocycles. The van der Waals surface area contributed by atoms with Crippen molar-refractivity contribution in [3.8, 4) is 17.2 Å². The third-order valence-electron chi connectivity index (χ3n) is 4.26. The normalized spacial score (nSPS) is 10.2. The molecule has 0 radical (unpaired) electrons. The molecular formula is C20H25N3O6. The van der Waals surface area contributed by atoms with E-state index in [9.17, 15) is 14.9 Å². The summed E-state index contributed by atoms with van der Waals surface area (Å²) < 4.78 is 16.0. The maximum absolute atomic E-state index is 12.1. The van der Waals surface area contributed by atoms with Crippen molar-refractivity contribution in [1.29, 1.82) is 0 Å². The molecular weight excluding hydrogens is 378 g/mol. The fourth-order valence-corrected chi connectivity index (χ4v) is 2.81. The number of aryl methyl sites for hydroxylation is 1. The number of benzene rings is 2. The van der Waals surface area contributed by atoms with E-state index in [-0.39, 0.29) is 11.6 Å². The van der Waals surface area contributed by atoms with Crippen LogP contribution in [-0.2, 0) is 11.2 Å². The van der Waals surface area contributed by atoms with Gasteiger partial charge in [-0.05, 0) is 30.2 Å². The van der Waals surface area contributed by atoms with Crippen molar-refractivity contribution in [2.75, 3.05) is 39.7 Å². The van der Waals surface area contributed by atoms with Crippen LogP contribution in [0.4, 0.5) is 11.4 Å². The van der Waals surface area contributed by atoms with Crippen LogP contribution in [0.2, 0.25) is 0 Å². The molecule has 0 unspecified atom stereocenters. The number of nitro groups is 1. The summed E-state index contributed by atoms with van der Waals surface area (Å²) in [5.74, 6) is 1.53. The zero-order valence-electron chi connectivity index (χ0n) is 16.7. The Morgan fingerprint density at radius 1 is 0.966 bits per heavy atom. The molecule has 0 saturated heterocycles. The summed E-state index contributed by atoms with van der Waals surface area (Å²) >= 11 is 0. The minimum Gasteiger partial charge on any atom is -0.493 e. The summed E-state index contributed by atoms with van der Waals surface area (Å²) in [5, 5.41) is 16.6. The van der Waals surface area contributed by atoms with Crippen LogP contribution in [0.1, 0.15) is 12.0 Å². The number of hydrogen-bond acceptors (Lipinski definition) is 7. The highest BCUT2D eigenvalue weighted by Gasteiger charge is 2.16. The van der Waals surface area contributed by atoms with Crippen molar-refractivity contribution in [3.05, 3.63) is 52.1 Å². The fourth-order valence-electron chi connectivity index (χ4n) is 2.81. The van der Waals surface area contributed by atoms with E-state index < -0.39 is 4.92 Å². The van der Waals surface area contributed by atoms with Gasteiger partial charge in [0.05, 0.1) is 26.3 Å². The van der Waals surface area contributed by atoms with Gasteiger partial charge in [0, 0.05) is 37.3 Å². The van der Waals surface area contributed by atoms with Gasteiger partial charge in [-0.1, -0.05) is 6.07 Å². The first kappa shape index (κ1) is 21.8. The third kappa shape index (κ3) is 6.00. The lowest BCUT2D eigenvalue weighted by Gasteiger charge is -2.15. The van der Waals surface area contributed by atoms with E-state index in [0.717, 1.165) is 11.3 Å². The van der Waals surface area contributed by atoms with Crippen LogP contribution in [0.3, 0.4) is 0 Å². The Bertz CT molecular complexity index is 839. The van der Waals surface area contributed by atoms with E-state index in [1.165, 1.54) is 19.2 Å². The quantitative estimate of drug-likeness (QED) is 0.337. The first-order chi connectivity index (χ1) is 14.0. The van der Waals surface area contributed by atoms with Crippen LogP contribution >= 0.6 is 0 Å². The van der Waals surface area contributed by atoms with Gasteiger partial charge in [-0.15, -0.1) is 0 Å². The Morgan fingerprint density at radius 3 is 2.24 bits per heavy atom. The Morgan fingerprint density at radius 2 is 1.66 bits per heavy atom. The molecule has 2 aromatic carbocycles. The van der Waals surface area contributed by atoms with E-state index in [0.29, 0.717) is 43.2 Å². The molecule has 0 aliphatic carbocycles. The van der Waals surface area contributed by atoms with Crippen molar-refractivity contribution >= 4 is 17.3 Å². The molecule has 0 atom stereocenters. The molecule has 2 aromatic rings. The molecule has 0 saturated carbocycles. The molecule has 0 heterocycles. The number of carbonyl (C=O) groups excluding carboxylic acids is 1. The molecule has 9 nitrogen and oxygen atoms in total. The molecule has 2 rings (SSSR count). The second-order valence-electron chi connectivity index (χ2n) is 6.07. The number of methoxy groups -OCH3 is 3. The fraction of sp³-hybridized carbons (Fsp3) is 0.350. The Hall–Kier alpha value is -3.49. The zero-order valence-corrected chi connectivity index (χ0v) is 16.7. The molecule has 0 bridgehead atoms. The summed E-state index contributed by atoms with van der Waals surface area (Å²) in [4.78, 5) is 22.3. The molecule has 0 spiro atoms. The van der Waals surface area contributed by atoms with Gasteiger partial charge in [0.25, 0.3) is 5.69 Å². The first-order valence-electron chi connectivity index (χ1n) is 9.03. The van der Waals surface area contributed by atoms with Crippen molar-refractivity contribution in [2.24, 2.45) is 0 Å². The highest BCUT2D eigenvalue weighted by Crippen LogP contribution is 2.40. The van der Waals surface area contributed by atoms with Gasteiger partial charge in [0.15, 0.2) is 11.5 Å². The van der Waals surface area contributed by atoms with Crippen LogP contribution in [0, 0.1) is 10.1 Å². The molecule has 9 heteroatoms. The Kier molecular flexibility index (Phi) is 8.08. The lowest BCUT2D eigenvalue weighted by Crippen LogP contribution is -2.28. The first-order valence-corrected chi connectivity index (χ1v) is 9.03.